The van der Waals surface area contributed by atoms with Crippen molar-refractivity contribution >= 4 is 5.91 Å². The molecule has 3 rings (SSSR count). The van der Waals surface area contributed by atoms with E-state index in [1.165, 1.54) is 11.1 Å². The third-order valence-corrected chi connectivity index (χ3v) is 4.45. The SMILES string of the molecule is Cc1ccccc1C(=O)NCc1ccccc1CN1CCOCC1. The minimum Gasteiger partial charge on any atom is -0.379 e. The number of nitrogens with zero attached hydrogens (tertiary/aromatic N) is 1. The number of hydrogen-bond acceptors (Lipinski definition) is 3. The fourth-order valence-corrected chi connectivity index (χ4v) is 2.98. The fraction of sp³-hybridized carbons (Fsp3) is 0.350. The predicted molar refractivity (Wildman–Crippen MR) is 94.9 cm³/mol. The Hall–Kier alpha value is -2.17. The van der Waals surface area contributed by atoms with Gasteiger partial charge in [0.05, 0.1) is 13.2 Å². The number of rotatable bonds is 5. The van der Waals surface area contributed by atoms with Crippen LogP contribution in [0.25, 0.3) is 0 Å². The Morgan fingerprint density at radius 3 is 2.46 bits per heavy atom. The maximum absolute atomic E-state index is 12.4. The van der Waals surface area contributed by atoms with E-state index in [2.05, 4.69) is 28.4 Å². The van der Waals surface area contributed by atoms with Crippen molar-refractivity contribution in [3.8, 4) is 0 Å². The molecule has 0 aromatic heterocycles. The maximum atomic E-state index is 12.4. The average Bonchev–Trinajstić information content (AvgIpc) is 2.62. The van der Waals surface area contributed by atoms with Crippen molar-refractivity contribution in [2.24, 2.45) is 0 Å². The first kappa shape index (κ1) is 16.7. The summed E-state index contributed by atoms with van der Waals surface area (Å²) in [6, 6.07) is 16.0. The van der Waals surface area contributed by atoms with Crippen molar-refractivity contribution in [1.82, 2.24) is 10.2 Å². The Kier molecular flexibility index (Phi) is 5.62. The molecule has 0 bridgehead atoms. The summed E-state index contributed by atoms with van der Waals surface area (Å²) < 4.78 is 5.41. The zero-order chi connectivity index (χ0) is 16.8. The highest BCUT2D eigenvalue weighted by Gasteiger charge is 2.13. The minimum absolute atomic E-state index is 0.0192. The number of benzene rings is 2. The van der Waals surface area contributed by atoms with Crippen LogP contribution in [0, 0.1) is 6.92 Å². The van der Waals surface area contributed by atoms with Gasteiger partial charge in [-0.25, -0.2) is 0 Å². The standard InChI is InChI=1S/C20H24N2O2/c1-16-6-2-5-9-19(16)20(23)21-14-17-7-3-4-8-18(17)15-22-10-12-24-13-11-22/h2-9H,10-15H2,1H3,(H,21,23). The molecular weight excluding hydrogens is 300 g/mol. The largest absolute Gasteiger partial charge is 0.379 e. The van der Waals surface area contributed by atoms with E-state index in [-0.39, 0.29) is 5.91 Å². The normalized spacial score (nSPS) is 15.2. The molecule has 1 aliphatic rings. The molecule has 0 atom stereocenters. The average molecular weight is 324 g/mol. The van der Waals surface area contributed by atoms with Gasteiger partial charge in [-0.3, -0.25) is 9.69 Å². The lowest BCUT2D eigenvalue weighted by atomic mass is 10.1. The topological polar surface area (TPSA) is 41.6 Å². The van der Waals surface area contributed by atoms with Gasteiger partial charge in [0, 0.05) is 31.7 Å². The molecule has 0 radical (unpaired) electrons. The number of amides is 1. The molecule has 0 saturated carbocycles. The van der Waals surface area contributed by atoms with Crippen molar-refractivity contribution < 1.29 is 9.53 Å². The molecule has 4 nitrogen and oxygen atoms in total. The van der Waals surface area contributed by atoms with E-state index in [0.717, 1.165) is 44.0 Å². The molecule has 0 unspecified atom stereocenters. The molecule has 1 fully saturated rings. The van der Waals surface area contributed by atoms with Gasteiger partial charge in [-0.05, 0) is 29.7 Å². The molecule has 126 valence electrons. The van der Waals surface area contributed by atoms with E-state index in [1.807, 2.05) is 37.3 Å². The van der Waals surface area contributed by atoms with Crippen LogP contribution in [0.4, 0.5) is 0 Å². The lowest BCUT2D eigenvalue weighted by molar-refractivity contribution is 0.0340. The summed E-state index contributed by atoms with van der Waals surface area (Å²) in [4.78, 5) is 14.8. The summed E-state index contributed by atoms with van der Waals surface area (Å²) in [6.45, 7) is 6.93. The third-order valence-electron chi connectivity index (χ3n) is 4.45. The molecule has 1 aliphatic heterocycles. The molecule has 1 saturated heterocycles. The first-order chi connectivity index (χ1) is 11.7. The number of nitrogens with one attached hydrogen (secondary N) is 1. The molecule has 1 N–H and O–H groups in total. The van der Waals surface area contributed by atoms with E-state index < -0.39 is 0 Å². The summed E-state index contributed by atoms with van der Waals surface area (Å²) in [7, 11) is 0. The maximum Gasteiger partial charge on any atom is 0.251 e. The Morgan fingerprint density at radius 1 is 1.04 bits per heavy atom. The van der Waals surface area contributed by atoms with Crippen molar-refractivity contribution in [3.63, 3.8) is 0 Å². The second-order valence-corrected chi connectivity index (χ2v) is 6.15. The zero-order valence-corrected chi connectivity index (χ0v) is 14.1. The summed E-state index contributed by atoms with van der Waals surface area (Å²) in [6.07, 6.45) is 0. The molecule has 4 heteroatoms. The summed E-state index contributed by atoms with van der Waals surface area (Å²) in [5.41, 5.74) is 4.18. The van der Waals surface area contributed by atoms with E-state index in [1.54, 1.807) is 0 Å². The van der Waals surface area contributed by atoms with Crippen LogP contribution in [0.1, 0.15) is 27.0 Å². The van der Waals surface area contributed by atoms with Crippen molar-refractivity contribution in [2.45, 2.75) is 20.0 Å². The van der Waals surface area contributed by atoms with Crippen LogP contribution >= 0.6 is 0 Å². The van der Waals surface area contributed by atoms with Crippen molar-refractivity contribution in [2.75, 3.05) is 26.3 Å². The van der Waals surface area contributed by atoms with Gasteiger partial charge in [-0.1, -0.05) is 42.5 Å². The first-order valence-electron chi connectivity index (χ1n) is 8.45. The Balaban J connectivity index is 1.64. The van der Waals surface area contributed by atoms with Gasteiger partial charge < -0.3 is 10.1 Å². The lowest BCUT2D eigenvalue weighted by Crippen LogP contribution is -2.36. The van der Waals surface area contributed by atoms with Crippen LogP contribution in [-0.4, -0.2) is 37.1 Å². The summed E-state index contributed by atoms with van der Waals surface area (Å²) >= 11 is 0. The Morgan fingerprint density at radius 2 is 1.71 bits per heavy atom. The van der Waals surface area contributed by atoms with Crippen LogP contribution < -0.4 is 5.32 Å². The van der Waals surface area contributed by atoms with Gasteiger partial charge in [0.15, 0.2) is 0 Å². The number of aryl methyl sites for hydroxylation is 1. The van der Waals surface area contributed by atoms with E-state index in [9.17, 15) is 4.79 Å². The molecule has 0 spiro atoms. The lowest BCUT2D eigenvalue weighted by Gasteiger charge is -2.27. The Labute approximate surface area is 143 Å². The first-order valence-corrected chi connectivity index (χ1v) is 8.45. The molecule has 24 heavy (non-hydrogen) atoms. The molecule has 0 aliphatic carbocycles. The van der Waals surface area contributed by atoms with E-state index in [0.29, 0.717) is 6.54 Å². The number of carbonyl (C=O) groups excluding carboxylic acids is 1. The van der Waals surface area contributed by atoms with Crippen molar-refractivity contribution in [1.29, 1.82) is 0 Å². The van der Waals surface area contributed by atoms with Crippen LogP contribution in [0.2, 0.25) is 0 Å². The van der Waals surface area contributed by atoms with Crippen LogP contribution in [0.5, 0.6) is 0 Å². The summed E-state index contributed by atoms with van der Waals surface area (Å²) in [5.74, 6) is -0.0192. The number of morpholine rings is 1. The monoisotopic (exact) mass is 324 g/mol. The van der Waals surface area contributed by atoms with Gasteiger partial charge in [0.1, 0.15) is 0 Å². The molecular formula is C20H24N2O2. The molecule has 2 aromatic carbocycles. The minimum atomic E-state index is -0.0192. The van der Waals surface area contributed by atoms with Crippen molar-refractivity contribution in [3.05, 3.63) is 70.8 Å². The van der Waals surface area contributed by atoms with Gasteiger partial charge in [-0.15, -0.1) is 0 Å². The molecule has 1 amide bonds. The second kappa shape index (κ2) is 8.08. The number of ether oxygens (including phenoxy) is 1. The molecule has 1 heterocycles. The van der Waals surface area contributed by atoms with Gasteiger partial charge in [0.25, 0.3) is 5.91 Å². The Bertz CT molecular complexity index is 694. The fourth-order valence-electron chi connectivity index (χ4n) is 2.98. The highest BCUT2D eigenvalue weighted by Crippen LogP contribution is 2.14. The zero-order valence-electron chi connectivity index (χ0n) is 14.1. The van der Waals surface area contributed by atoms with Crippen LogP contribution in [-0.2, 0) is 17.8 Å². The predicted octanol–water partition coefficient (Wildman–Crippen LogP) is 2.76. The third kappa shape index (κ3) is 4.22. The molecule has 2 aromatic rings. The second-order valence-electron chi connectivity index (χ2n) is 6.15. The number of hydrogen-bond donors (Lipinski definition) is 1. The number of carbonyl (C=O) groups is 1. The van der Waals surface area contributed by atoms with Gasteiger partial charge in [0.2, 0.25) is 0 Å². The van der Waals surface area contributed by atoms with Crippen LogP contribution in [0.15, 0.2) is 48.5 Å². The van der Waals surface area contributed by atoms with E-state index >= 15 is 0 Å². The smallest absolute Gasteiger partial charge is 0.251 e. The van der Waals surface area contributed by atoms with Crippen LogP contribution in [0.3, 0.4) is 0 Å². The highest BCUT2D eigenvalue weighted by atomic mass is 16.5. The van der Waals surface area contributed by atoms with Gasteiger partial charge in [-0.2, -0.15) is 0 Å². The highest BCUT2D eigenvalue weighted by molar-refractivity contribution is 5.95. The van der Waals surface area contributed by atoms with E-state index in [4.69, 9.17) is 4.74 Å². The quantitative estimate of drug-likeness (QED) is 0.919. The summed E-state index contributed by atoms with van der Waals surface area (Å²) in [5, 5.41) is 3.05. The van der Waals surface area contributed by atoms with Gasteiger partial charge >= 0.3 is 0 Å².